The van der Waals surface area contributed by atoms with Gasteiger partial charge in [-0.05, 0) is 17.7 Å². The minimum Gasteiger partial charge on any atom is -0.361 e. The van der Waals surface area contributed by atoms with Crippen LogP contribution in [0.2, 0.25) is 0 Å². The first kappa shape index (κ1) is 16.1. The third-order valence-electron chi connectivity index (χ3n) is 3.93. The molecular formula is C16H21N7O. The van der Waals surface area contributed by atoms with Gasteiger partial charge in [0.25, 0.3) is 0 Å². The van der Waals surface area contributed by atoms with Crippen LogP contribution in [-0.4, -0.2) is 58.2 Å². The highest BCUT2D eigenvalue weighted by atomic mass is 16.2. The Morgan fingerprint density at radius 1 is 1.29 bits per heavy atom. The summed E-state index contributed by atoms with van der Waals surface area (Å²) in [7, 11) is 3.86. The number of nitrogens with zero attached hydrogens (tertiary/aromatic N) is 6. The maximum Gasteiger partial charge on any atom is 0.224 e. The number of hydrogen-bond acceptors (Lipinski definition) is 7. The number of fused-ring (bicyclic) bond motifs is 1. The quantitative estimate of drug-likeness (QED) is 0.866. The van der Waals surface area contributed by atoms with Crippen molar-refractivity contribution in [2.45, 2.75) is 19.4 Å². The number of carbonyl (C=O) groups is 1. The number of rotatable bonds is 5. The number of carbonyl (C=O) groups excluding carboxylic acids is 1. The van der Waals surface area contributed by atoms with Gasteiger partial charge in [-0.3, -0.25) is 4.79 Å². The first-order chi connectivity index (χ1) is 11.6. The SMILES string of the molecule is CN(C)c1cc2c(nn1)CCN(C(=O)CCNc1ncccn1)C2. The topological polar surface area (TPSA) is 87.1 Å². The van der Waals surface area contributed by atoms with Crippen LogP contribution >= 0.6 is 0 Å². The molecule has 0 aliphatic carbocycles. The van der Waals surface area contributed by atoms with Gasteiger partial charge in [-0.1, -0.05) is 0 Å². The molecule has 0 saturated heterocycles. The Hall–Kier alpha value is -2.77. The van der Waals surface area contributed by atoms with Crippen LogP contribution in [0.3, 0.4) is 0 Å². The first-order valence-electron chi connectivity index (χ1n) is 7.95. The number of nitrogens with one attached hydrogen (secondary N) is 1. The number of amides is 1. The Morgan fingerprint density at radius 3 is 2.83 bits per heavy atom. The largest absolute Gasteiger partial charge is 0.361 e. The normalized spacial score (nSPS) is 13.3. The monoisotopic (exact) mass is 327 g/mol. The molecule has 0 aromatic carbocycles. The number of anilines is 2. The third-order valence-corrected chi connectivity index (χ3v) is 3.93. The van der Waals surface area contributed by atoms with E-state index in [9.17, 15) is 4.79 Å². The summed E-state index contributed by atoms with van der Waals surface area (Å²) in [6.45, 7) is 1.79. The van der Waals surface area contributed by atoms with Gasteiger partial charge in [0.05, 0.1) is 5.69 Å². The lowest BCUT2D eigenvalue weighted by atomic mass is 10.1. The highest BCUT2D eigenvalue weighted by Gasteiger charge is 2.22. The van der Waals surface area contributed by atoms with Crippen LogP contribution in [0.1, 0.15) is 17.7 Å². The first-order valence-corrected chi connectivity index (χ1v) is 7.95. The minimum absolute atomic E-state index is 0.118. The number of aromatic nitrogens is 4. The summed E-state index contributed by atoms with van der Waals surface area (Å²) >= 11 is 0. The third kappa shape index (κ3) is 3.76. The summed E-state index contributed by atoms with van der Waals surface area (Å²) in [6.07, 6.45) is 4.49. The van der Waals surface area contributed by atoms with E-state index in [0.29, 0.717) is 32.0 Å². The zero-order valence-corrected chi connectivity index (χ0v) is 13.9. The van der Waals surface area contributed by atoms with E-state index in [1.807, 2.05) is 30.0 Å². The predicted octanol–water partition coefficient (Wildman–Crippen LogP) is 0.719. The van der Waals surface area contributed by atoms with Gasteiger partial charge in [0.15, 0.2) is 5.82 Å². The molecule has 2 aromatic rings. The van der Waals surface area contributed by atoms with Gasteiger partial charge in [0, 0.05) is 59.0 Å². The molecule has 24 heavy (non-hydrogen) atoms. The van der Waals surface area contributed by atoms with Crippen molar-refractivity contribution in [1.82, 2.24) is 25.1 Å². The summed E-state index contributed by atoms with van der Waals surface area (Å²) < 4.78 is 0. The second kappa shape index (κ2) is 7.20. The van der Waals surface area contributed by atoms with Crippen LogP contribution in [-0.2, 0) is 17.8 Å². The molecule has 0 saturated carbocycles. The van der Waals surface area contributed by atoms with Crippen molar-refractivity contribution in [2.75, 3.05) is 37.4 Å². The number of hydrogen-bond donors (Lipinski definition) is 1. The van der Waals surface area contributed by atoms with Gasteiger partial charge in [-0.15, -0.1) is 5.10 Å². The van der Waals surface area contributed by atoms with Gasteiger partial charge in [-0.25, -0.2) is 9.97 Å². The summed E-state index contributed by atoms with van der Waals surface area (Å²) in [5.41, 5.74) is 2.06. The van der Waals surface area contributed by atoms with Crippen LogP contribution in [0.25, 0.3) is 0 Å². The average Bonchev–Trinajstić information content (AvgIpc) is 2.61. The zero-order chi connectivity index (χ0) is 16.9. The Balaban J connectivity index is 1.56. The fourth-order valence-electron chi connectivity index (χ4n) is 2.58. The van der Waals surface area contributed by atoms with Crippen molar-refractivity contribution in [1.29, 1.82) is 0 Å². The molecule has 0 radical (unpaired) electrons. The summed E-state index contributed by atoms with van der Waals surface area (Å²) in [5.74, 6) is 1.47. The second-order valence-electron chi connectivity index (χ2n) is 5.88. The molecule has 3 heterocycles. The van der Waals surface area contributed by atoms with Crippen molar-refractivity contribution in [3.8, 4) is 0 Å². The van der Waals surface area contributed by atoms with Crippen LogP contribution in [0.15, 0.2) is 24.5 Å². The summed E-state index contributed by atoms with van der Waals surface area (Å²) in [5, 5.41) is 11.5. The van der Waals surface area contributed by atoms with Crippen molar-refractivity contribution >= 4 is 17.7 Å². The maximum absolute atomic E-state index is 12.4. The molecule has 0 atom stereocenters. The molecule has 1 N–H and O–H groups in total. The molecular weight excluding hydrogens is 306 g/mol. The summed E-state index contributed by atoms with van der Waals surface area (Å²) in [4.78, 5) is 24.4. The Kier molecular flexibility index (Phi) is 4.83. The Labute approximate surface area is 140 Å². The van der Waals surface area contributed by atoms with E-state index in [-0.39, 0.29) is 5.91 Å². The molecule has 2 aromatic heterocycles. The van der Waals surface area contributed by atoms with Gasteiger partial charge < -0.3 is 15.1 Å². The molecule has 0 fully saturated rings. The lowest BCUT2D eigenvalue weighted by Gasteiger charge is -2.28. The molecule has 0 bridgehead atoms. The fourth-order valence-corrected chi connectivity index (χ4v) is 2.58. The molecule has 0 unspecified atom stereocenters. The van der Waals surface area contributed by atoms with E-state index >= 15 is 0 Å². The smallest absolute Gasteiger partial charge is 0.224 e. The molecule has 8 heteroatoms. The van der Waals surface area contributed by atoms with E-state index < -0.39 is 0 Å². The van der Waals surface area contributed by atoms with Crippen molar-refractivity contribution in [2.24, 2.45) is 0 Å². The van der Waals surface area contributed by atoms with Crippen molar-refractivity contribution < 1.29 is 4.79 Å². The van der Waals surface area contributed by atoms with Crippen molar-refractivity contribution in [3.63, 3.8) is 0 Å². The Morgan fingerprint density at radius 2 is 2.08 bits per heavy atom. The van der Waals surface area contributed by atoms with Crippen LogP contribution in [0.4, 0.5) is 11.8 Å². The molecule has 3 rings (SSSR count). The zero-order valence-electron chi connectivity index (χ0n) is 13.9. The fraction of sp³-hybridized carbons (Fsp3) is 0.438. The van der Waals surface area contributed by atoms with E-state index in [4.69, 9.17) is 0 Å². The lowest BCUT2D eigenvalue weighted by Crippen LogP contribution is -2.37. The van der Waals surface area contributed by atoms with E-state index in [2.05, 4.69) is 25.5 Å². The molecule has 1 amide bonds. The molecule has 8 nitrogen and oxygen atoms in total. The maximum atomic E-state index is 12.4. The standard InChI is InChI=1S/C16H21N7O/c1-22(2)14-10-12-11-23(9-5-13(12)20-21-14)15(24)4-8-19-16-17-6-3-7-18-16/h3,6-7,10H,4-5,8-9,11H2,1-2H3,(H,17,18,19). The molecule has 1 aliphatic rings. The minimum atomic E-state index is 0.118. The van der Waals surface area contributed by atoms with E-state index in [1.165, 1.54) is 0 Å². The van der Waals surface area contributed by atoms with Crippen LogP contribution in [0.5, 0.6) is 0 Å². The average molecular weight is 327 g/mol. The van der Waals surface area contributed by atoms with Gasteiger partial charge in [0.1, 0.15) is 0 Å². The van der Waals surface area contributed by atoms with E-state index in [0.717, 1.165) is 23.5 Å². The second-order valence-corrected chi connectivity index (χ2v) is 5.88. The lowest BCUT2D eigenvalue weighted by molar-refractivity contribution is -0.131. The highest BCUT2D eigenvalue weighted by molar-refractivity contribution is 5.77. The summed E-state index contributed by atoms with van der Waals surface area (Å²) in [6, 6.07) is 3.77. The van der Waals surface area contributed by atoms with Crippen molar-refractivity contribution in [3.05, 3.63) is 35.8 Å². The van der Waals surface area contributed by atoms with Crippen LogP contribution < -0.4 is 10.2 Å². The highest BCUT2D eigenvalue weighted by Crippen LogP contribution is 2.20. The molecule has 1 aliphatic heterocycles. The van der Waals surface area contributed by atoms with Gasteiger partial charge in [0.2, 0.25) is 11.9 Å². The van der Waals surface area contributed by atoms with Crippen LogP contribution in [0, 0.1) is 0 Å². The molecule has 0 spiro atoms. The molecule has 126 valence electrons. The van der Waals surface area contributed by atoms with E-state index in [1.54, 1.807) is 18.5 Å². The Bertz CT molecular complexity index is 705. The predicted molar refractivity (Wildman–Crippen MR) is 90.6 cm³/mol. The van der Waals surface area contributed by atoms with Gasteiger partial charge in [-0.2, -0.15) is 5.10 Å². The van der Waals surface area contributed by atoms with Gasteiger partial charge >= 0.3 is 0 Å².